The number of fused-ring (bicyclic) bond motifs is 1. The molecule has 1 N–H and O–H groups in total. The molecule has 152 valence electrons. The topological polar surface area (TPSA) is 43.3 Å². The summed E-state index contributed by atoms with van der Waals surface area (Å²) in [5.74, 6) is 0.304. The SMILES string of the molecule is Cc1c(C2CCNC2)c2ccccc2n1Cc1ccc(C(=O)OC(C)(C)C)cc1. The van der Waals surface area contributed by atoms with E-state index < -0.39 is 5.60 Å². The van der Waals surface area contributed by atoms with Gasteiger partial charge in [0.15, 0.2) is 0 Å². The van der Waals surface area contributed by atoms with Gasteiger partial charge in [-0.2, -0.15) is 0 Å². The minimum absolute atomic E-state index is 0.275. The zero-order valence-corrected chi connectivity index (χ0v) is 17.8. The van der Waals surface area contributed by atoms with Gasteiger partial charge < -0.3 is 14.6 Å². The Hall–Kier alpha value is -2.59. The first-order chi connectivity index (χ1) is 13.8. The molecular weight excluding hydrogens is 360 g/mol. The number of aromatic nitrogens is 1. The molecule has 0 spiro atoms. The lowest BCUT2D eigenvalue weighted by atomic mass is 9.95. The molecule has 1 aliphatic heterocycles. The molecule has 1 atom stereocenters. The van der Waals surface area contributed by atoms with Gasteiger partial charge in [0.2, 0.25) is 0 Å². The molecule has 4 rings (SSSR count). The lowest BCUT2D eigenvalue weighted by Crippen LogP contribution is -2.23. The van der Waals surface area contributed by atoms with E-state index in [1.807, 2.05) is 45.0 Å². The highest BCUT2D eigenvalue weighted by atomic mass is 16.6. The highest BCUT2D eigenvalue weighted by Crippen LogP contribution is 2.35. The van der Waals surface area contributed by atoms with E-state index in [1.165, 1.54) is 34.1 Å². The lowest BCUT2D eigenvalue weighted by molar-refractivity contribution is 0.00695. The number of benzene rings is 2. The van der Waals surface area contributed by atoms with E-state index in [9.17, 15) is 4.79 Å². The second-order valence-electron chi connectivity index (χ2n) is 8.99. The van der Waals surface area contributed by atoms with Crippen molar-refractivity contribution in [3.05, 3.63) is 70.9 Å². The van der Waals surface area contributed by atoms with E-state index >= 15 is 0 Å². The summed E-state index contributed by atoms with van der Waals surface area (Å²) in [5, 5.41) is 4.87. The van der Waals surface area contributed by atoms with Crippen molar-refractivity contribution in [1.29, 1.82) is 0 Å². The summed E-state index contributed by atoms with van der Waals surface area (Å²) in [6.45, 7) is 10.8. The smallest absolute Gasteiger partial charge is 0.338 e. The largest absolute Gasteiger partial charge is 0.456 e. The number of ether oxygens (including phenoxy) is 1. The van der Waals surface area contributed by atoms with Crippen LogP contribution in [0.2, 0.25) is 0 Å². The third kappa shape index (κ3) is 4.08. The number of hydrogen-bond acceptors (Lipinski definition) is 3. The van der Waals surface area contributed by atoms with Crippen LogP contribution < -0.4 is 5.32 Å². The molecule has 0 radical (unpaired) electrons. The minimum atomic E-state index is -0.484. The first kappa shape index (κ1) is 19.7. The Bertz CT molecular complexity index is 1020. The number of nitrogens with zero attached hydrogens (tertiary/aromatic N) is 1. The summed E-state index contributed by atoms with van der Waals surface area (Å²) in [7, 11) is 0. The fourth-order valence-electron chi connectivity index (χ4n) is 4.34. The van der Waals surface area contributed by atoms with Crippen molar-refractivity contribution in [3.8, 4) is 0 Å². The predicted molar refractivity (Wildman–Crippen MR) is 118 cm³/mol. The molecule has 4 heteroatoms. The molecule has 0 bridgehead atoms. The highest BCUT2D eigenvalue weighted by molar-refractivity contribution is 5.89. The van der Waals surface area contributed by atoms with Crippen LogP contribution in [0.4, 0.5) is 0 Å². The van der Waals surface area contributed by atoms with Crippen LogP contribution in [0.3, 0.4) is 0 Å². The van der Waals surface area contributed by atoms with Crippen LogP contribution in [-0.4, -0.2) is 29.2 Å². The van der Waals surface area contributed by atoms with Gasteiger partial charge in [-0.25, -0.2) is 4.79 Å². The van der Waals surface area contributed by atoms with E-state index in [1.54, 1.807) is 0 Å². The first-order valence-corrected chi connectivity index (χ1v) is 10.4. The summed E-state index contributed by atoms with van der Waals surface area (Å²) in [5.41, 5.74) is 5.39. The van der Waals surface area contributed by atoms with Crippen LogP contribution in [0.25, 0.3) is 10.9 Å². The van der Waals surface area contributed by atoms with E-state index in [2.05, 4.69) is 41.1 Å². The highest BCUT2D eigenvalue weighted by Gasteiger charge is 2.24. The molecule has 0 aliphatic carbocycles. The zero-order valence-electron chi connectivity index (χ0n) is 17.8. The molecule has 1 aromatic heterocycles. The Balaban J connectivity index is 1.63. The molecule has 3 aromatic rings. The van der Waals surface area contributed by atoms with Crippen LogP contribution in [0.15, 0.2) is 48.5 Å². The summed E-state index contributed by atoms with van der Waals surface area (Å²) in [6, 6.07) is 16.5. The summed E-state index contributed by atoms with van der Waals surface area (Å²) >= 11 is 0. The van der Waals surface area contributed by atoms with Crippen molar-refractivity contribution in [2.24, 2.45) is 0 Å². The molecule has 29 heavy (non-hydrogen) atoms. The Morgan fingerprint density at radius 1 is 1.14 bits per heavy atom. The van der Waals surface area contributed by atoms with Gasteiger partial charge in [-0.15, -0.1) is 0 Å². The number of carbonyl (C=O) groups is 1. The monoisotopic (exact) mass is 390 g/mol. The molecule has 1 fully saturated rings. The van der Waals surface area contributed by atoms with E-state index in [4.69, 9.17) is 4.74 Å². The quantitative estimate of drug-likeness (QED) is 0.636. The lowest BCUT2D eigenvalue weighted by Gasteiger charge is -2.19. The molecule has 1 unspecified atom stereocenters. The van der Waals surface area contributed by atoms with Gasteiger partial charge >= 0.3 is 5.97 Å². The van der Waals surface area contributed by atoms with Crippen LogP contribution in [0.5, 0.6) is 0 Å². The van der Waals surface area contributed by atoms with Crippen molar-refractivity contribution >= 4 is 16.9 Å². The Morgan fingerprint density at radius 2 is 1.86 bits per heavy atom. The van der Waals surface area contributed by atoms with Crippen LogP contribution in [0, 0.1) is 6.92 Å². The maximum atomic E-state index is 12.3. The van der Waals surface area contributed by atoms with Crippen LogP contribution in [-0.2, 0) is 11.3 Å². The number of rotatable bonds is 4. The van der Waals surface area contributed by atoms with Gasteiger partial charge in [0.05, 0.1) is 5.56 Å². The summed E-state index contributed by atoms with van der Waals surface area (Å²) in [6.07, 6.45) is 1.19. The molecular formula is C25H30N2O2. The van der Waals surface area contributed by atoms with Crippen molar-refractivity contribution in [3.63, 3.8) is 0 Å². The van der Waals surface area contributed by atoms with Gasteiger partial charge in [0, 0.05) is 29.7 Å². The normalized spacial score (nSPS) is 17.0. The van der Waals surface area contributed by atoms with Crippen molar-refractivity contribution < 1.29 is 9.53 Å². The number of para-hydroxylation sites is 1. The second kappa shape index (κ2) is 7.68. The maximum Gasteiger partial charge on any atom is 0.338 e. The van der Waals surface area contributed by atoms with Crippen molar-refractivity contribution in [2.45, 2.75) is 52.2 Å². The van der Waals surface area contributed by atoms with Crippen LogP contribution >= 0.6 is 0 Å². The average molecular weight is 391 g/mol. The molecule has 2 heterocycles. The Morgan fingerprint density at radius 3 is 2.52 bits per heavy atom. The maximum absolute atomic E-state index is 12.3. The zero-order chi connectivity index (χ0) is 20.6. The van der Waals surface area contributed by atoms with Gasteiger partial charge in [-0.1, -0.05) is 30.3 Å². The Labute approximate surface area is 172 Å². The summed E-state index contributed by atoms with van der Waals surface area (Å²) < 4.78 is 7.88. The van der Waals surface area contributed by atoms with E-state index in [0.717, 1.165) is 19.6 Å². The number of nitrogens with one attached hydrogen (secondary N) is 1. The van der Waals surface area contributed by atoms with Crippen molar-refractivity contribution in [2.75, 3.05) is 13.1 Å². The third-order valence-corrected chi connectivity index (χ3v) is 5.68. The fourth-order valence-corrected chi connectivity index (χ4v) is 4.34. The molecule has 2 aromatic carbocycles. The van der Waals surface area contributed by atoms with Crippen molar-refractivity contribution in [1.82, 2.24) is 9.88 Å². The minimum Gasteiger partial charge on any atom is -0.456 e. The van der Waals surface area contributed by atoms with Crippen LogP contribution in [0.1, 0.15) is 60.3 Å². The standard InChI is InChI=1S/C25H30N2O2/c1-17-23(20-13-14-26-15-20)21-7-5-6-8-22(21)27(17)16-18-9-11-19(12-10-18)24(28)29-25(2,3)4/h5-12,20,26H,13-16H2,1-4H3. The van der Waals surface area contributed by atoms with Gasteiger partial charge in [0.1, 0.15) is 5.60 Å². The Kier molecular flexibility index (Phi) is 5.22. The van der Waals surface area contributed by atoms with E-state index in [0.29, 0.717) is 11.5 Å². The van der Waals surface area contributed by atoms with E-state index in [-0.39, 0.29) is 5.97 Å². The second-order valence-corrected chi connectivity index (χ2v) is 8.99. The molecule has 0 amide bonds. The average Bonchev–Trinajstić information content (AvgIpc) is 3.28. The molecule has 4 nitrogen and oxygen atoms in total. The fraction of sp³-hybridized carbons (Fsp3) is 0.400. The first-order valence-electron chi connectivity index (χ1n) is 10.4. The molecule has 1 aliphatic rings. The number of hydrogen-bond donors (Lipinski definition) is 1. The summed E-state index contributed by atoms with van der Waals surface area (Å²) in [4.78, 5) is 12.3. The van der Waals surface area contributed by atoms with Gasteiger partial charge in [0.25, 0.3) is 0 Å². The molecule has 1 saturated heterocycles. The number of esters is 1. The van der Waals surface area contributed by atoms with Gasteiger partial charge in [-0.05, 0) is 75.9 Å². The molecule has 0 saturated carbocycles. The number of carbonyl (C=O) groups excluding carboxylic acids is 1. The van der Waals surface area contributed by atoms with Gasteiger partial charge in [-0.3, -0.25) is 0 Å². The third-order valence-electron chi connectivity index (χ3n) is 5.68. The predicted octanol–water partition coefficient (Wildman–Crippen LogP) is 5.03.